The summed E-state index contributed by atoms with van der Waals surface area (Å²) in [6.45, 7) is 2.73. The van der Waals surface area contributed by atoms with E-state index >= 15 is 0 Å². The monoisotopic (exact) mass is 343 g/mol. The van der Waals surface area contributed by atoms with Crippen molar-refractivity contribution >= 4 is 27.3 Å². The zero-order chi connectivity index (χ0) is 15.7. The summed E-state index contributed by atoms with van der Waals surface area (Å²) in [5.41, 5.74) is 0.549. The minimum absolute atomic E-state index is 0.184. The number of nitrogens with zero attached hydrogens (tertiary/aromatic N) is 4. The maximum absolute atomic E-state index is 11.4. The second kappa shape index (κ2) is 5.82. The van der Waals surface area contributed by atoms with E-state index in [1.807, 2.05) is 4.90 Å². The molecule has 8 nitrogen and oxygen atoms in total. The van der Waals surface area contributed by atoms with Gasteiger partial charge in [0.25, 0.3) is 0 Å². The molecule has 0 radical (unpaired) electrons. The fraction of sp³-hybridized carbons (Fsp3) is 0.417. The van der Waals surface area contributed by atoms with Gasteiger partial charge >= 0.3 is 0 Å². The highest BCUT2D eigenvalue weighted by atomic mass is 35.5. The molecule has 1 saturated heterocycles. The fourth-order valence-electron chi connectivity index (χ4n) is 2.10. The average Bonchev–Trinajstić information content (AvgIpc) is 2.98. The molecule has 0 aromatic carbocycles. The first kappa shape index (κ1) is 15.2. The predicted molar refractivity (Wildman–Crippen MR) is 80.8 cm³/mol. The minimum atomic E-state index is -3.43. The van der Waals surface area contributed by atoms with E-state index in [-0.39, 0.29) is 11.0 Å². The van der Waals surface area contributed by atoms with Gasteiger partial charge in [0.2, 0.25) is 15.0 Å². The van der Waals surface area contributed by atoms with Crippen molar-refractivity contribution in [1.82, 2.24) is 20.2 Å². The summed E-state index contributed by atoms with van der Waals surface area (Å²) in [6.07, 6.45) is 2.63. The maximum Gasteiger partial charge on any atom is 0.243 e. The number of morpholine rings is 1. The largest absolute Gasteiger partial charge is 0.378 e. The number of ether oxygens (including phenoxy) is 1. The Bertz CT molecular complexity index is 786. The van der Waals surface area contributed by atoms with Crippen LogP contribution in [0.2, 0.25) is 5.02 Å². The number of anilines is 1. The van der Waals surface area contributed by atoms with Gasteiger partial charge in [0, 0.05) is 31.1 Å². The molecule has 3 heterocycles. The van der Waals surface area contributed by atoms with Gasteiger partial charge in [-0.3, -0.25) is 0 Å². The first-order valence-corrected chi connectivity index (χ1v) is 8.83. The van der Waals surface area contributed by atoms with Crippen LogP contribution in [0, 0.1) is 0 Å². The van der Waals surface area contributed by atoms with Crippen LogP contribution in [0.25, 0.3) is 11.4 Å². The molecular weight excluding hydrogens is 330 g/mol. The molecule has 3 rings (SSSR count). The molecule has 22 heavy (non-hydrogen) atoms. The number of pyridine rings is 1. The third kappa shape index (κ3) is 3.06. The van der Waals surface area contributed by atoms with Crippen LogP contribution in [-0.2, 0) is 14.6 Å². The molecule has 0 atom stereocenters. The summed E-state index contributed by atoms with van der Waals surface area (Å²) in [5, 5.41) is 6.56. The lowest BCUT2D eigenvalue weighted by Gasteiger charge is -2.28. The summed E-state index contributed by atoms with van der Waals surface area (Å²) >= 11 is 6.28. The molecule has 0 amide bonds. The number of sulfone groups is 1. The molecule has 2 aromatic heterocycles. The zero-order valence-corrected chi connectivity index (χ0v) is 13.4. The van der Waals surface area contributed by atoms with Crippen LogP contribution in [-0.4, -0.2) is 61.1 Å². The average molecular weight is 344 g/mol. The molecule has 0 spiro atoms. The Morgan fingerprint density at radius 3 is 2.68 bits per heavy atom. The minimum Gasteiger partial charge on any atom is -0.378 e. The van der Waals surface area contributed by atoms with Gasteiger partial charge in [0.1, 0.15) is 5.82 Å². The Kier molecular flexibility index (Phi) is 4.02. The molecule has 10 heteroatoms. The standard InChI is InChI=1S/C12H14ClN5O3S/c1-22(19,20)12-15-10(16-17-12)8-6-9(13)11(14-7-8)18-2-4-21-5-3-18/h6-7H,2-5H2,1H3,(H,15,16,17). The van der Waals surface area contributed by atoms with Crippen LogP contribution in [0.15, 0.2) is 17.4 Å². The van der Waals surface area contributed by atoms with Gasteiger partial charge in [-0.2, -0.15) is 10.1 Å². The van der Waals surface area contributed by atoms with Crippen LogP contribution in [0.1, 0.15) is 0 Å². The molecular formula is C12H14ClN5O3S. The van der Waals surface area contributed by atoms with E-state index in [1.54, 1.807) is 12.3 Å². The van der Waals surface area contributed by atoms with E-state index in [1.165, 1.54) is 0 Å². The summed E-state index contributed by atoms with van der Waals surface area (Å²) in [5.74, 6) is 0.913. The number of aromatic amines is 1. The second-order valence-corrected chi connectivity index (χ2v) is 7.20. The van der Waals surface area contributed by atoms with Gasteiger partial charge in [-0.15, -0.1) is 0 Å². The van der Waals surface area contributed by atoms with Crippen molar-refractivity contribution in [3.8, 4) is 11.4 Å². The van der Waals surface area contributed by atoms with Crippen LogP contribution in [0.5, 0.6) is 0 Å². The normalized spacial score (nSPS) is 16.0. The van der Waals surface area contributed by atoms with Crippen molar-refractivity contribution in [3.05, 3.63) is 17.3 Å². The molecule has 1 aliphatic heterocycles. The number of halogens is 1. The van der Waals surface area contributed by atoms with E-state index in [4.69, 9.17) is 16.3 Å². The molecule has 1 fully saturated rings. The lowest BCUT2D eigenvalue weighted by atomic mass is 10.2. The summed E-state index contributed by atoms with van der Waals surface area (Å²) < 4.78 is 28.1. The number of aromatic nitrogens is 4. The van der Waals surface area contributed by atoms with Crippen molar-refractivity contribution in [2.45, 2.75) is 5.16 Å². The third-order valence-corrected chi connectivity index (χ3v) is 4.37. The van der Waals surface area contributed by atoms with Crippen LogP contribution in [0.3, 0.4) is 0 Å². The number of rotatable bonds is 3. The maximum atomic E-state index is 11.4. The first-order valence-electron chi connectivity index (χ1n) is 6.56. The fourth-order valence-corrected chi connectivity index (χ4v) is 2.85. The highest BCUT2D eigenvalue weighted by molar-refractivity contribution is 7.90. The molecule has 1 N–H and O–H groups in total. The zero-order valence-electron chi connectivity index (χ0n) is 11.8. The van der Waals surface area contributed by atoms with E-state index in [9.17, 15) is 8.42 Å². The quantitative estimate of drug-likeness (QED) is 0.877. The Morgan fingerprint density at radius 2 is 2.09 bits per heavy atom. The smallest absolute Gasteiger partial charge is 0.243 e. The van der Waals surface area contributed by atoms with Crippen molar-refractivity contribution in [2.24, 2.45) is 0 Å². The van der Waals surface area contributed by atoms with Crippen LogP contribution >= 0.6 is 11.6 Å². The molecule has 2 aromatic rings. The van der Waals surface area contributed by atoms with Gasteiger partial charge in [-0.05, 0) is 6.07 Å². The molecule has 0 aliphatic carbocycles. The SMILES string of the molecule is CS(=O)(=O)c1nc(-c2cnc(N3CCOCC3)c(Cl)c2)n[nH]1. The van der Waals surface area contributed by atoms with Gasteiger partial charge in [0.15, 0.2) is 5.82 Å². The number of H-pyrrole nitrogens is 1. The summed E-state index contributed by atoms with van der Waals surface area (Å²) in [6, 6.07) is 1.68. The van der Waals surface area contributed by atoms with Crippen molar-refractivity contribution in [1.29, 1.82) is 0 Å². The highest BCUT2D eigenvalue weighted by Gasteiger charge is 2.18. The third-order valence-electron chi connectivity index (χ3n) is 3.21. The molecule has 0 saturated carbocycles. The van der Waals surface area contributed by atoms with E-state index in [0.717, 1.165) is 19.3 Å². The Balaban J connectivity index is 1.90. The molecule has 118 valence electrons. The highest BCUT2D eigenvalue weighted by Crippen LogP contribution is 2.28. The predicted octanol–water partition coefficient (Wildman–Crippen LogP) is 0.760. The van der Waals surface area contributed by atoms with Crippen LogP contribution in [0.4, 0.5) is 5.82 Å². The van der Waals surface area contributed by atoms with Gasteiger partial charge in [-0.1, -0.05) is 11.6 Å². The first-order chi connectivity index (χ1) is 10.4. The molecule has 0 unspecified atom stereocenters. The van der Waals surface area contributed by atoms with Crippen LogP contribution < -0.4 is 4.90 Å². The van der Waals surface area contributed by atoms with E-state index in [2.05, 4.69) is 20.2 Å². The Labute approximate surface area is 132 Å². The van der Waals surface area contributed by atoms with Crippen molar-refractivity contribution < 1.29 is 13.2 Å². The molecule has 0 bridgehead atoms. The number of hydrogen-bond acceptors (Lipinski definition) is 7. The second-order valence-electron chi connectivity index (χ2n) is 4.87. The van der Waals surface area contributed by atoms with E-state index in [0.29, 0.717) is 29.6 Å². The summed E-state index contributed by atoms with van der Waals surface area (Å²) in [7, 11) is -3.43. The van der Waals surface area contributed by atoms with Crippen molar-refractivity contribution in [3.63, 3.8) is 0 Å². The lowest BCUT2D eigenvalue weighted by Crippen LogP contribution is -2.36. The number of nitrogens with one attached hydrogen (secondary N) is 1. The summed E-state index contributed by atoms with van der Waals surface area (Å²) in [4.78, 5) is 10.3. The Hall–Kier alpha value is -1.71. The van der Waals surface area contributed by atoms with Gasteiger partial charge in [-0.25, -0.2) is 18.5 Å². The number of hydrogen-bond donors (Lipinski definition) is 1. The molecule has 1 aliphatic rings. The lowest BCUT2D eigenvalue weighted by molar-refractivity contribution is 0.122. The van der Waals surface area contributed by atoms with Crippen molar-refractivity contribution in [2.75, 3.05) is 37.5 Å². The van der Waals surface area contributed by atoms with Gasteiger partial charge in [0.05, 0.1) is 18.2 Å². The topological polar surface area (TPSA) is 101 Å². The Morgan fingerprint density at radius 1 is 1.36 bits per heavy atom. The van der Waals surface area contributed by atoms with E-state index < -0.39 is 9.84 Å². The van der Waals surface area contributed by atoms with Gasteiger partial charge < -0.3 is 9.64 Å².